The highest BCUT2D eigenvalue weighted by atomic mass is 16.2. The minimum absolute atomic E-state index is 0.0596. The highest BCUT2D eigenvalue weighted by Crippen LogP contribution is 2.32. The van der Waals surface area contributed by atoms with E-state index in [1.165, 1.54) is 38.5 Å². The molecule has 2 aromatic heterocycles. The Morgan fingerprint density at radius 2 is 1.76 bits per heavy atom. The van der Waals surface area contributed by atoms with Crippen molar-refractivity contribution in [2.24, 2.45) is 11.8 Å². The molecule has 2 fully saturated rings. The van der Waals surface area contributed by atoms with Gasteiger partial charge in [0.15, 0.2) is 11.3 Å². The molecular weight excluding hydrogens is 360 g/mol. The predicted octanol–water partition coefficient (Wildman–Crippen LogP) is 5.24. The van der Waals surface area contributed by atoms with E-state index < -0.39 is 0 Å². The zero-order valence-corrected chi connectivity index (χ0v) is 18.4. The number of piperidine rings is 1. The predicted molar refractivity (Wildman–Crippen MR) is 116 cm³/mol. The third kappa shape index (κ3) is 4.49. The lowest BCUT2D eigenvalue weighted by Crippen LogP contribution is -2.35. The van der Waals surface area contributed by atoms with Gasteiger partial charge in [-0.3, -0.25) is 4.79 Å². The Balaban J connectivity index is 1.58. The number of likely N-dealkylation sites (tertiary alicyclic amines) is 1. The topological polar surface area (TPSA) is 50.5 Å². The molecule has 0 atom stereocenters. The standard InChI is InChI=1S/C24H36N4O/c1-4-18-8-10-19(11-9-18)14-20-15-22(17(2)3)28-23(25-20)16-21(26-28)24(29)27-12-6-5-7-13-27/h15-19H,4-14H2,1-3H3. The Morgan fingerprint density at radius 3 is 2.41 bits per heavy atom. The van der Waals surface area contributed by atoms with Crippen molar-refractivity contribution in [1.82, 2.24) is 19.5 Å². The Morgan fingerprint density at radius 1 is 1.07 bits per heavy atom. The fraction of sp³-hybridized carbons (Fsp3) is 0.708. The van der Waals surface area contributed by atoms with Crippen LogP contribution in [0.25, 0.3) is 5.65 Å². The van der Waals surface area contributed by atoms with E-state index >= 15 is 0 Å². The summed E-state index contributed by atoms with van der Waals surface area (Å²) in [6.45, 7) is 8.40. The van der Waals surface area contributed by atoms with Crippen LogP contribution in [0.2, 0.25) is 0 Å². The first kappa shape index (κ1) is 20.4. The molecule has 5 nitrogen and oxygen atoms in total. The van der Waals surface area contributed by atoms with Gasteiger partial charge < -0.3 is 4.90 Å². The number of amides is 1. The lowest BCUT2D eigenvalue weighted by atomic mass is 9.79. The molecule has 0 aromatic carbocycles. The summed E-state index contributed by atoms with van der Waals surface area (Å²) in [5.74, 6) is 2.06. The molecule has 1 aliphatic heterocycles. The fourth-order valence-corrected chi connectivity index (χ4v) is 5.07. The molecule has 1 saturated carbocycles. The third-order valence-corrected chi connectivity index (χ3v) is 7.00. The average molecular weight is 397 g/mol. The van der Waals surface area contributed by atoms with Crippen LogP contribution in [0.4, 0.5) is 0 Å². The summed E-state index contributed by atoms with van der Waals surface area (Å²) in [4.78, 5) is 19.8. The van der Waals surface area contributed by atoms with Crippen LogP contribution >= 0.6 is 0 Å². The molecule has 1 aliphatic carbocycles. The van der Waals surface area contributed by atoms with Crippen LogP contribution in [0.15, 0.2) is 12.1 Å². The Bertz CT molecular complexity index is 842. The van der Waals surface area contributed by atoms with Crippen LogP contribution in [0.1, 0.15) is 99.9 Å². The van der Waals surface area contributed by atoms with Gasteiger partial charge in [0.05, 0.1) is 0 Å². The van der Waals surface area contributed by atoms with E-state index in [0.29, 0.717) is 11.6 Å². The van der Waals surface area contributed by atoms with Gasteiger partial charge in [0, 0.05) is 30.5 Å². The lowest BCUT2D eigenvalue weighted by Gasteiger charge is -2.27. The SMILES string of the molecule is CCC1CCC(Cc2cc(C(C)C)n3nc(C(=O)N4CCCCC4)cc3n2)CC1. The molecular formula is C24H36N4O. The largest absolute Gasteiger partial charge is 0.337 e. The minimum Gasteiger partial charge on any atom is -0.337 e. The van der Waals surface area contributed by atoms with Crippen LogP contribution in [-0.4, -0.2) is 38.5 Å². The lowest BCUT2D eigenvalue weighted by molar-refractivity contribution is 0.0718. The fourth-order valence-electron chi connectivity index (χ4n) is 5.07. The summed E-state index contributed by atoms with van der Waals surface area (Å²) in [6.07, 6.45) is 11.1. The summed E-state index contributed by atoms with van der Waals surface area (Å²) < 4.78 is 1.90. The van der Waals surface area contributed by atoms with E-state index in [2.05, 4.69) is 31.9 Å². The van der Waals surface area contributed by atoms with E-state index in [4.69, 9.17) is 4.98 Å². The van der Waals surface area contributed by atoms with Crippen molar-refractivity contribution in [2.45, 2.75) is 84.5 Å². The van der Waals surface area contributed by atoms with E-state index in [0.717, 1.165) is 61.2 Å². The molecule has 0 N–H and O–H groups in total. The highest BCUT2D eigenvalue weighted by molar-refractivity contribution is 5.93. The molecule has 0 unspecified atom stereocenters. The van der Waals surface area contributed by atoms with Crippen molar-refractivity contribution in [2.75, 3.05) is 13.1 Å². The first-order valence-electron chi connectivity index (χ1n) is 11.7. The van der Waals surface area contributed by atoms with Crippen molar-refractivity contribution in [1.29, 1.82) is 0 Å². The van der Waals surface area contributed by atoms with Crippen molar-refractivity contribution in [3.63, 3.8) is 0 Å². The van der Waals surface area contributed by atoms with Gasteiger partial charge in [0.1, 0.15) is 0 Å². The second-order valence-corrected chi connectivity index (χ2v) is 9.48. The first-order chi connectivity index (χ1) is 14.0. The van der Waals surface area contributed by atoms with Gasteiger partial charge in [-0.2, -0.15) is 5.10 Å². The number of aromatic nitrogens is 3. The maximum Gasteiger partial charge on any atom is 0.274 e. The van der Waals surface area contributed by atoms with Gasteiger partial charge in [-0.05, 0) is 62.3 Å². The highest BCUT2D eigenvalue weighted by Gasteiger charge is 2.24. The van der Waals surface area contributed by atoms with Crippen LogP contribution in [0.3, 0.4) is 0 Å². The minimum atomic E-state index is 0.0596. The maximum atomic E-state index is 12.9. The molecule has 158 valence electrons. The van der Waals surface area contributed by atoms with E-state index in [9.17, 15) is 4.79 Å². The average Bonchev–Trinajstić information content (AvgIpc) is 3.17. The quantitative estimate of drug-likeness (QED) is 0.695. The monoisotopic (exact) mass is 396 g/mol. The molecule has 2 aromatic rings. The molecule has 4 rings (SSSR count). The molecule has 1 saturated heterocycles. The van der Waals surface area contributed by atoms with Crippen LogP contribution in [-0.2, 0) is 6.42 Å². The molecule has 29 heavy (non-hydrogen) atoms. The van der Waals surface area contributed by atoms with Gasteiger partial charge >= 0.3 is 0 Å². The van der Waals surface area contributed by atoms with Crippen molar-refractivity contribution in [3.8, 4) is 0 Å². The number of fused-ring (bicyclic) bond motifs is 1. The normalized spacial score (nSPS) is 23.1. The summed E-state index contributed by atoms with van der Waals surface area (Å²) in [7, 11) is 0. The number of hydrogen-bond donors (Lipinski definition) is 0. The molecule has 0 bridgehead atoms. The molecule has 3 heterocycles. The summed E-state index contributed by atoms with van der Waals surface area (Å²) in [6, 6.07) is 4.13. The smallest absolute Gasteiger partial charge is 0.274 e. The first-order valence-corrected chi connectivity index (χ1v) is 11.7. The number of nitrogens with zero attached hydrogens (tertiary/aromatic N) is 4. The number of hydrogen-bond acceptors (Lipinski definition) is 3. The Kier molecular flexibility index (Phi) is 6.21. The van der Waals surface area contributed by atoms with Crippen molar-refractivity contribution >= 4 is 11.6 Å². The summed E-state index contributed by atoms with van der Waals surface area (Å²) in [5.41, 5.74) is 3.69. The molecule has 1 amide bonds. The number of carbonyl (C=O) groups is 1. The van der Waals surface area contributed by atoms with Crippen LogP contribution in [0.5, 0.6) is 0 Å². The van der Waals surface area contributed by atoms with Crippen molar-refractivity contribution in [3.05, 3.63) is 29.2 Å². The van der Waals surface area contributed by atoms with E-state index in [1.54, 1.807) is 0 Å². The van der Waals surface area contributed by atoms with Gasteiger partial charge in [0.25, 0.3) is 5.91 Å². The molecule has 0 radical (unpaired) electrons. The van der Waals surface area contributed by atoms with Gasteiger partial charge in [-0.1, -0.05) is 40.0 Å². The number of carbonyl (C=O) groups excluding carboxylic acids is 1. The van der Waals surface area contributed by atoms with Crippen molar-refractivity contribution < 1.29 is 4.79 Å². The zero-order valence-electron chi connectivity index (χ0n) is 18.4. The maximum absolute atomic E-state index is 12.9. The van der Waals surface area contributed by atoms with Crippen LogP contribution in [0, 0.1) is 11.8 Å². The molecule has 2 aliphatic rings. The molecule has 5 heteroatoms. The zero-order chi connectivity index (χ0) is 20.4. The van der Waals surface area contributed by atoms with Gasteiger partial charge in [0.2, 0.25) is 0 Å². The summed E-state index contributed by atoms with van der Waals surface area (Å²) in [5, 5.41) is 4.68. The van der Waals surface area contributed by atoms with E-state index in [1.807, 2.05) is 15.5 Å². The second kappa shape index (κ2) is 8.85. The Hall–Kier alpha value is -1.91. The van der Waals surface area contributed by atoms with Gasteiger partial charge in [-0.15, -0.1) is 0 Å². The number of rotatable bonds is 5. The third-order valence-electron chi connectivity index (χ3n) is 7.00. The van der Waals surface area contributed by atoms with Gasteiger partial charge in [-0.25, -0.2) is 9.50 Å². The molecule has 0 spiro atoms. The van der Waals surface area contributed by atoms with E-state index in [-0.39, 0.29) is 5.91 Å². The second-order valence-electron chi connectivity index (χ2n) is 9.48. The summed E-state index contributed by atoms with van der Waals surface area (Å²) >= 11 is 0. The van der Waals surface area contributed by atoms with Crippen LogP contribution < -0.4 is 0 Å². The Labute approximate surface area is 174 Å².